The molecule has 132 valence electrons. The van der Waals surface area contributed by atoms with E-state index in [-0.39, 0.29) is 12.2 Å². The summed E-state index contributed by atoms with van der Waals surface area (Å²) in [5.74, 6) is -1.64. The Hall–Kier alpha value is -2.38. The number of hydrogen-bond donors (Lipinski definition) is 1. The van der Waals surface area contributed by atoms with E-state index < -0.39 is 24.5 Å². The number of nitrogens with one attached hydrogen (secondary N) is 1. The number of esters is 2. The van der Waals surface area contributed by atoms with E-state index >= 15 is 0 Å². The van der Waals surface area contributed by atoms with Gasteiger partial charge in [-0.3, -0.25) is 9.59 Å². The highest BCUT2D eigenvalue weighted by Crippen LogP contribution is 2.36. The smallest absolute Gasteiger partial charge is 0.341 e. The van der Waals surface area contributed by atoms with Crippen molar-refractivity contribution in [1.29, 1.82) is 0 Å². The molecule has 8 heteroatoms. The topological polar surface area (TPSA) is 81.7 Å². The summed E-state index contributed by atoms with van der Waals surface area (Å²) in [5, 5.41) is 5.24. The third-order valence-corrected chi connectivity index (χ3v) is 4.23. The predicted molar refractivity (Wildman–Crippen MR) is 96.0 cm³/mol. The second kappa shape index (κ2) is 8.64. The first-order valence-corrected chi connectivity index (χ1v) is 8.66. The minimum absolute atomic E-state index is 0.204. The molecule has 0 fully saturated rings. The molecule has 0 bridgehead atoms. The van der Waals surface area contributed by atoms with E-state index in [1.807, 2.05) is 0 Å². The average molecular weight is 382 g/mol. The molecule has 0 aliphatic rings. The fraction of sp³-hybridized carbons (Fsp3) is 0.235. The Kier molecular flexibility index (Phi) is 6.55. The molecule has 0 aliphatic carbocycles. The van der Waals surface area contributed by atoms with Gasteiger partial charge < -0.3 is 14.8 Å². The Morgan fingerprint density at radius 2 is 1.84 bits per heavy atom. The van der Waals surface area contributed by atoms with Crippen LogP contribution in [0.2, 0.25) is 5.02 Å². The molecule has 0 aliphatic heterocycles. The van der Waals surface area contributed by atoms with Gasteiger partial charge in [-0.25, -0.2) is 4.79 Å². The molecule has 0 radical (unpaired) electrons. The zero-order chi connectivity index (χ0) is 18.4. The van der Waals surface area contributed by atoms with Gasteiger partial charge in [-0.05, 0) is 24.6 Å². The van der Waals surface area contributed by atoms with Gasteiger partial charge in [-0.2, -0.15) is 0 Å². The molecule has 1 aromatic carbocycles. The quantitative estimate of drug-likeness (QED) is 0.770. The molecular weight excluding hydrogens is 366 g/mol. The van der Waals surface area contributed by atoms with Crippen LogP contribution in [0.1, 0.15) is 24.2 Å². The van der Waals surface area contributed by atoms with Crippen molar-refractivity contribution in [1.82, 2.24) is 0 Å². The maximum atomic E-state index is 12.4. The first-order chi connectivity index (χ1) is 11.9. The Morgan fingerprint density at radius 1 is 1.16 bits per heavy atom. The normalized spacial score (nSPS) is 10.2. The van der Waals surface area contributed by atoms with Crippen LogP contribution < -0.4 is 5.32 Å². The van der Waals surface area contributed by atoms with Crippen LogP contribution >= 0.6 is 22.9 Å². The summed E-state index contributed by atoms with van der Waals surface area (Å²) in [6, 6.07) is 6.97. The van der Waals surface area contributed by atoms with Gasteiger partial charge in [-0.1, -0.05) is 23.7 Å². The van der Waals surface area contributed by atoms with E-state index in [2.05, 4.69) is 10.1 Å². The van der Waals surface area contributed by atoms with Crippen molar-refractivity contribution in [2.24, 2.45) is 0 Å². The van der Waals surface area contributed by atoms with Crippen molar-refractivity contribution in [3.8, 4) is 11.1 Å². The SMILES string of the molecule is CCOC(=O)c1c(-c2ccc(Cl)cc2)csc1NC(=O)COC(C)=O. The van der Waals surface area contributed by atoms with Gasteiger partial charge >= 0.3 is 11.9 Å². The molecule has 1 aromatic heterocycles. The summed E-state index contributed by atoms with van der Waals surface area (Å²) in [4.78, 5) is 35.0. The number of carbonyl (C=O) groups is 3. The van der Waals surface area contributed by atoms with Crippen LogP contribution in [0.25, 0.3) is 11.1 Å². The van der Waals surface area contributed by atoms with Crippen LogP contribution in [0, 0.1) is 0 Å². The molecule has 1 heterocycles. The van der Waals surface area contributed by atoms with Crippen LogP contribution in [0.15, 0.2) is 29.6 Å². The Bertz CT molecular complexity index is 785. The number of thiophene rings is 1. The number of anilines is 1. The molecule has 2 aromatic rings. The molecule has 0 unspecified atom stereocenters. The molecular formula is C17H16ClNO5S. The van der Waals surface area contributed by atoms with Gasteiger partial charge in [0, 0.05) is 22.9 Å². The van der Waals surface area contributed by atoms with Crippen LogP contribution in [-0.4, -0.2) is 31.1 Å². The van der Waals surface area contributed by atoms with Gasteiger partial charge in [0.1, 0.15) is 10.6 Å². The second-order valence-electron chi connectivity index (χ2n) is 4.91. The van der Waals surface area contributed by atoms with E-state index in [9.17, 15) is 14.4 Å². The van der Waals surface area contributed by atoms with Crippen molar-refractivity contribution < 1.29 is 23.9 Å². The van der Waals surface area contributed by atoms with E-state index in [4.69, 9.17) is 16.3 Å². The zero-order valence-electron chi connectivity index (χ0n) is 13.6. The summed E-state index contributed by atoms with van der Waals surface area (Å²) in [6.07, 6.45) is 0. The van der Waals surface area contributed by atoms with Crippen LogP contribution in [0.3, 0.4) is 0 Å². The highest BCUT2D eigenvalue weighted by Gasteiger charge is 2.23. The monoisotopic (exact) mass is 381 g/mol. The number of benzene rings is 1. The third-order valence-electron chi connectivity index (χ3n) is 3.09. The second-order valence-corrected chi connectivity index (χ2v) is 6.23. The maximum Gasteiger partial charge on any atom is 0.341 e. The lowest BCUT2D eigenvalue weighted by atomic mass is 10.0. The average Bonchev–Trinajstić information content (AvgIpc) is 2.97. The van der Waals surface area contributed by atoms with Crippen molar-refractivity contribution in [2.45, 2.75) is 13.8 Å². The van der Waals surface area contributed by atoms with Crippen molar-refractivity contribution in [3.63, 3.8) is 0 Å². The molecule has 0 spiro atoms. The van der Waals surface area contributed by atoms with Gasteiger partial charge in [0.2, 0.25) is 0 Å². The number of halogens is 1. The van der Waals surface area contributed by atoms with E-state index in [0.717, 1.165) is 5.56 Å². The first-order valence-electron chi connectivity index (χ1n) is 7.40. The first kappa shape index (κ1) is 19.0. The predicted octanol–water partition coefficient (Wildman–Crippen LogP) is 3.75. The van der Waals surface area contributed by atoms with Crippen LogP contribution in [-0.2, 0) is 19.1 Å². The number of carbonyl (C=O) groups excluding carboxylic acids is 3. The molecule has 0 atom stereocenters. The van der Waals surface area contributed by atoms with Crippen molar-refractivity contribution in [3.05, 3.63) is 40.2 Å². The summed E-state index contributed by atoms with van der Waals surface area (Å²) in [6.45, 7) is 2.69. The lowest BCUT2D eigenvalue weighted by Crippen LogP contribution is -2.20. The van der Waals surface area contributed by atoms with Gasteiger partial charge in [0.05, 0.1) is 6.61 Å². The molecule has 1 amide bonds. The molecule has 25 heavy (non-hydrogen) atoms. The zero-order valence-corrected chi connectivity index (χ0v) is 15.2. The van der Waals surface area contributed by atoms with Crippen LogP contribution in [0.4, 0.5) is 5.00 Å². The van der Waals surface area contributed by atoms with E-state index in [1.54, 1.807) is 36.6 Å². The Balaban J connectivity index is 2.33. The van der Waals surface area contributed by atoms with Crippen LogP contribution in [0.5, 0.6) is 0 Å². The largest absolute Gasteiger partial charge is 0.462 e. The minimum Gasteiger partial charge on any atom is -0.462 e. The summed E-state index contributed by atoms with van der Waals surface area (Å²) < 4.78 is 9.75. The lowest BCUT2D eigenvalue weighted by Gasteiger charge is -2.09. The lowest BCUT2D eigenvalue weighted by molar-refractivity contribution is -0.144. The summed E-state index contributed by atoms with van der Waals surface area (Å²) in [7, 11) is 0. The number of amides is 1. The molecule has 2 rings (SSSR count). The number of rotatable bonds is 6. The minimum atomic E-state index is -0.561. The van der Waals surface area contributed by atoms with E-state index in [0.29, 0.717) is 15.6 Å². The highest BCUT2D eigenvalue weighted by molar-refractivity contribution is 7.15. The van der Waals surface area contributed by atoms with Crippen molar-refractivity contribution in [2.75, 3.05) is 18.5 Å². The fourth-order valence-electron chi connectivity index (χ4n) is 2.03. The number of hydrogen-bond acceptors (Lipinski definition) is 6. The van der Waals surface area contributed by atoms with Gasteiger partial charge in [0.15, 0.2) is 6.61 Å². The van der Waals surface area contributed by atoms with Gasteiger partial charge in [-0.15, -0.1) is 11.3 Å². The van der Waals surface area contributed by atoms with Crippen molar-refractivity contribution >= 4 is 45.8 Å². The maximum absolute atomic E-state index is 12.4. The van der Waals surface area contributed by atoms with Gasteiger partial charge in [0.25, 0.3) is 5.91 Å². The highest BCUT2D eigenvalue weighted by atomic mass is 35.5. The number of ether oxygens (including phenoxy) is 2. The molecule has 6 nitrogen and oxygen atoms in total. The summed E-state index contributed by atoms with van der Waals surface area (Å²) in [5.41, 5.74) is 1.65. The molecule has 0 saturated carbocycles. The Labute approximate surface area is 153 Å². The standard InChI is InChI=1S/C17H16ClNO5S/c1-3-23-17(22)15-13(11-4-6-12(18)7-5-11)9-25-16(15)19-14(21)8-24-10(2)20/h4-7,9H,3,8H2,1-2H3,(H,19,21). The van der Waals surface area contributed by atoms with E-state index in [1.165, 1.54) is 18.3 Å². The summed E-state index contributed by atoms with van der Waals surface area (Å²) >= 11 is 7.08. The molecule has 0 saturated heterocycles. The molecule has 1 N–H and O–H groups in total. The third kappa shape index (κ3) is 5.04. The Morgan fingerprint density at radius 3 is 2.44 bits per heavy atom. The fourth-order valence-corrected chi connectivity index (χ4v) is 3.13.